The van der Waals surface area contributed by atoms with Crippen LogP contribution in [0.15, 0.2) is 53.6 Å². The maximum absolute atomic E-state index is 12.6. The molecular formula is C32H48O2. The van der Waals surface area contributed by atoms with E-state index in [9.17, 15) is 4.79 Å². The van der Waals surface area contributed by atoms with Crippen LogP contribution in [-0.4, -0.2) is 12.4 Å². The van der Waals surface area contributed by atoms with Gasteiger partial charge in [0.25, 0.3) is 0 Å². The Morgan fingerprint density at radius 1 is 1.03 bits per heavy atom. The first kappa shape index (κ1) is 28.1. The molecule has 0 fully saturated rings. The lowest BCUT2D eigenvalue weighted by Gasteiger charge is -2.21. The van der Waals surface area contributed by atoms with Gasteiger partial charge in [-0.3, -0.25) is 4.79 Å². The zero-order chi connectivity index (χ0) is 24.6. The van der Waals surface area contributed by atoms with Crippen molar-refractivity contribution < 1.29 is 9.53 Å². The molecule has 1 aromatic carbocycles. The zero-order valence-electron chi connectivity index (χ0n) is 22.3. The van der Waals surface area contributed by atoms with Crippen LogP contribution in [0.25, 0.3) is 6.08 Å². The number of rotatable bonds is 16. The third kappa shape index (κ3) is 11.9. The summed E-state index contributed by atoms with van der Waals surface area (Å²) < 4.78 is 5.88. The van der Waals surface area contributed by atoms with Gasteiger partial charge in [0, 0.05) is 5.92 Å². The Morgan fingerprint density at radius 3 is 2.47 bits per heavy atom. The van der Waals surface area contributed by atoms with Crippen LogP contribution in [0.2, 0.25) is 0 Å². The van der Waals surface area contributed by atoms with Crippen molar-refractivity contribution in [2.45, 2.75) is 105 Å². The van der Waals surface area contributed by atoms with E-state index in [1.807, 2.05) is 18.2 Å². The van der Waals surface area contributed by atoms with Gasteiger partial charge in [-0.25, -0.2) is 0 Å². The predicted octanol–water partition coefficient (Wildman–Crippen LogP) is 9.51. The second-order valence-corrected chi connectivity index (χ2v) is 10.4. The first-order valence-corrected chi connectivity index (χ1v) is 13.8. The summed E-state index contributed by atoms with van der Waals surface area (Å²) in [6.07, 6.45) is 22.7. The minimum atomic E-state index is 0.214. The van der Waals surface area contributed by atoms with Crippen molar-refractivity contribution in [3.8, 4) is 5.75 Å². The molecule has 0 bridgehead atoms. The van der Waals surface area contributed by atoms with Gasteiger partial charge in [0.05, 0.1) is 6.61 Å². The van der Waals surface area contributed by atoms with Crippen molar-refractivity contribution >= 4 is 11.9 Å². The Balaban J connectivity index is 1.70. The van der Waals surface area contributed by atoms with Crippen LogP contribution in [0.3, 0.4) is 0 Å². The maximum Gasteiger partial charge on any atom is 0.159 e. The SMILES string of the molecule is CCCCCCCCOc1ccc(/C=C/C2=CC(=O)C(CCC(C)CCC=C(C)C)CC2)cc1. The number of carbonyl (C=O) groups excluding carboxylic acids is 1. The molecule has 0 radical (unpaired) electrons. The normalized spacial score (nSPS) is 17.0. The average Bonchev–Trinajstić information content (AvgIpc) is 2.82. The average molecular weight is 465 g/mol. The van der Waals surface area contributed by atoms with Gasteiger partial charge in [0.2, 0.25) is 0 Å². The lowest BCUT2D eigenvalue weighted by molar-refractivity contribution is -0.119. The van der Waals surface area contributed by atoms with Crippen LogP contribution in [-0.2, 0) is 4.79 Å². The van der Waals surface area contributed by atoms with Crippen molar-refractivity contribution in [3.63, 3.8) is 0 Å². The maximum atomic E-state index is 12.6. The summed E-state index contributed by atoms with van der Waals surface area (Å²) in [6.45, 7) is 9.68. The monoisotopic (exact) mass is 464 g/mol. The second-order valence-electron chi connectivity index (χ2n) is 10.4. The topological polar surface area (TPSA) is 26.3 Å². The lowest BCUT2D eigenvalue weighted by atomic mass is 9.83. The van der Waals surface area contributed by atoms with Gasteiger partial charge < -0.3 is 4.74 Å². The van der Waals surface area contributed by atoms with Crippen LogP contribution in [0, 0.1) is 11.8 Å². The van der Waals surface area contributed by atoms with E-state index in [2.05, 4.69) is 58.1 Å². The fourth-order valence-corrected chi connectivity index (χ4v) is 4.51. The highest BCUT2D eigenvalue weighted by molar-refractivity contribution is 5.93. The van der Waals surface area contributed by atoms with Gasteiger partial charge in [0.15, 0.2) is 5.78 Å². The highest BCUT2D eigenvalue weighted by Gasteiger charge is 2.21. The predicted molar refractivity (Wildman–Crippen MR) is 147 cm³/mol. The Kier molecular flexibility index (Phi) is 13.7. The molecule has 2 nitrogen and oxygen atoms in total. The van der Waals surface area contributed by atoms with E-state index in [-0.39, 0.29) is 5.92 Å². The lowest BCUT2D eigenvalue weighted by Crippen LogP contribution is -2.18. The fourth-order valence-electron chi connectivity index (χ4n) is 4.51. The summed E-state index contributed by atoms with van der Waals surface area (Å²) in [5.41, 5.74) is 3.70. The van der Waals surface area contributed by atoms with E-state index in [1.165, 1.54) is 44.1 Å². The van der Waals surface area contributed by atoms with E-state index >= 15 is 0 Å². The Morgan fingerprint density at radius 2 is 1.76 bits per heavy atom. The van der Waals surface area contributed by atoms with Gasteiger partial charge in [-0.15, -0.1) is 0 Å². The molecular weight excluding hydrogens is 416 g/mol. The number of hydrogen-bond acceptors (Lipinski definition) is 2. The van der Waals surface area contributed by atoms with Crippen LogP contribution in [0.5, 0.6) is 5.75 Å². The van der Waals surface area contributed by atoms with Gasteiger partial charge in [-0.1, -0.05) is 81.9 Å². The van der Waals surface area contributed by atoms with Crippen molar-refractivity contribution in [3.05, 3.63) is 59.2 Å². The molecule has 0 amide bonds. The summed E-state index contributed by atoms with van der Waals surface area (Å²) in [7, 11) is 0. The standard InChI is InChI=1S/C32H48O2/c1-5-6-7-8-9-10-24-34-31-22-18-28(19-23-31)15-16-29-17-21-30(32(33)25-29)20-14-27(4)13-11-12-26(2)3/h12,15-16,18-19,22-23,25,27,30H,5-11,13-14,17,20-21,24H2,1-4H3/b16-15+. The molecule has 34 heavy (non-hydrogen) atoms. The minimum absolute atomic E-state index is 0.214. The molecule has 0 aromatic heterocycles. The molecule has 1 aromatic rings. The third-order valence-corrected chi connectivity index (χ3v) is 6.87. The summed E-state index contributed by atoms with van der Waals surface area (Å²) in [5, 5.41) is 0. The smallest absolute Gasteiger partial charge is 0.159 e. The van der Waals surface area contributed by atoms with Crippen molar-refractivity contribution in [2.75, 3.05) is 6.61 Å². The van der Waals surface area contributed by atoms with Gasteiger partial charge >= 0.3 is 0 Å². The molecule has 0 spiro atoms. The van der Waals surface area contributed by atoms with Gasteiger partial charge in [-0.05, 0) is 94.1 Å². The summed E-state index contributed by atoms with van der Waals surface area (Å²) in [4.78, 5) is 12.6. The van der Waals surface area contributed by atoms with Crippen LogP contribution >= 0.6 is 0 Å². The van der Waals surface area contributed by atoms with E-state index in [0.717, 1.165) is 62.0 Å². The molecule has 0 aliphatic heterocycles. The molecule has 0 saturated heterocycles. The van der Waals surface area contributed by atoms with Gasteiger partial charge in [-0.2, -0.15) is 0 Å². The van der Waals surface area contributed by atoms with Gasteiger partial charge in [0.1, 0.15) is 5.75 Å². The van der Waals surface area contributed by atoms with E-state index < -0.39 is 0 Å². The molecule has 2 rings (SSSR count). The molecule has 2 atom stereocenters. The Bertz CT molecular complexity index is 793. The number of ether oxygens (including phenoxy) is 1. The zero-order valence-corrected chi connectivity index (χ0v) is 22.3. The number of allylic oxidation sites excluding steroid dienone is 5. The molecule has 1 aliphatic rings. The van der Waals surface area contributed by atoms with Crippen molar-refractivity contribution in [1.82, 2.24) is 0 Å². The van der Waals surface area contributed by atoms with E-state index in [1.54, 1.807) is 0 Å². The highest BCUT2D eigenvalue weighted by atomic mass is 16.5. The molecule has 188 valence electrons. The van der Waals surface area contributed by atoms with E-state index in [4.69, 9.17) is 4.74 Å². The number of benzene rings is 1. The number of unbranched alkanes of at least 4 members (excludes halogenated alkanes) is 5. The number of carbonyl (C=O) groups is 1. The highest BCUT2D eigenvalue weighted by Crippen LogP contribution is 2.28. The van der Waals surface area contributed by atoms with Crippen LogP contribution in [0.1, 0.15) is 110 Å². The minimum Gasteiger partial charge on any atom is -0.494 e. The van der Waals surface area contributed by atoms with E-state index in [0.29, 0.717) is 11.7 Å². The molecule has 2 unspecified atom stereocenters. The second kappa shape index (κ2) is 16.5. The third-order valence-electron chi connectivity index (χ3n) is 6.87. The van der Waals surface area contributed by atoms with Crippen molar-refractivity contribution in [2.24, 2.45) is 11.8 Å². The molecule has 0 N–H and O–H groups in total. The van der Waals surface area contributed by atoms with Crippen LogP contribution in [0.4, 0.5) is 0 Å². The summed E-state index contributed by atoms with van der Waals surface area (Å²) >= 11 is 0. The summed E-state index contributed by atoms with van der Waals surface area (Å²) in [5.74, 6) is 2.16. The molecule has 1 aliphatic carbocycles. The quantitative estimate of drug-likeness (QED) is 0.180. The fraction of sp³-hybridized carbons (Fsp3) is 0.594. The largest absolute Gasteiger partial charge is 0.494 e. The summed E-state index contributed by atoms with van der Waals surface area (Å²) in [6, 6.07) is 8.29. The molecule has 0 saturated carbocycles. The van der Waals surface area contributed by atoms with Crippen LogP contribution < -0.4 is 4.74 Å². The number of hydrogen-bond donors (Lipinski definition) is 0. The molecule has 2 heteroatoms. The number of ketones is 1. The Hall–Kier alpha value is -2.09. The first-order valence-electron chi connectivity index (χ1n) is 13.8. The first-order chi connectivity index (χ1) is 16.5. The van der Waals surface area contributed by atoms with Crippen molar-refractivity contribution in [1.29, 1.82) is 0 Å². The Labute approximate surface area is 209 Å². The molecule has 0 heterocycles.